The van der Waals surface area contributed by atoms with E-state index in [1.807, 2.05) is 0 Å². The molecule has 1 aliphatic heterocycles. The Balaban J connectivity index is 0.000001000. The third-order valence-electron chi connectivity index (χ3n) is 2.05. The molecule has 0 bridgehead atoms. The van der Waals surface area contributed by atoms with Crippen LogP contribution in [0.4, 0.5) is 0 Å². The fourth-order valence-corrected chi connectivity index (χ4v) is 1.40. The summed E-state index contributed by atoms with van der Waals surface area (Å²) in [5.74, 6) is 0. The van der Waals surface area contributed by atoms with Crippen LogP contribution in [0.15, 0.2) is 12.2 Å². The second-order valence-electron chi connectivity index (χ2n) is 2.93. The van der Waals surface area contributed by atoms with Gasteiger partial charge in [0.1, 0.15) is 0 Å². The van der Waals surface area contributed by atoms with Gasteiger partial charge in [0.15, 0.2) is 0 Å². The maximum atomic E-state index is 2.52. The molecule has 2 heteroatoms. The van der Waals surface area contributed by atoms with Gasteiger partial charge in [-0.15, -0.1) is 0 Å². The van der Waals surface area contributed by atoms with Gasteiger partial charge in [0.25, 0.3) is 0 Å². The topological polar surface area (TPSA) is 3.24 Å². The van der Waals surface area contributed by atoms with Crippen molar-refractivity contribution in [3.8, 4) is 0 Å². The van der Waals surface area contributed by atoms with Crippen molar-refractivity contribution in [2.75, 3.05) is 19.6 Å². The molecule has 1 nitrogen and oxygen atoms in total. The van der Waals surface area contributed by atoms with Crippen molar-refractivity contribution >= 4 is 18.9 Å². The summed E-state index contributed by atoms with van der Waals surface area (Å²) < 4.78 is 0. The second-order valence-corrected chi connectivity index (χ2v) is 2.93. The standard InChI is InChI=1S/C9H17N.Li/c1-2-3-7-10-8-5-4-6-9-10;/h2-3H,4-9H2,1H3;. The van der Waals surface area contributed by atoms with Gasteiger partial charge in [-0.05, 0) is 32.9 Å². The molecule has 0 N–H and O–H groups in total. The summed E-state index contributed by atoms with van der Waals surface area (Å²) in [5, 5.41) is 0. The van der Waals surface area contributed by atoms with E-state index in [0.717, 1.165) is 6.54 Å². The predicted molar refractivity (Wildman–Crippen MR) is 50.9 cm³/mol. The van der Waals surface area contributed by atoms with Crippen LogP contribution >= 0.6 is 0 Å². The molecule has 1 saturated heterocycles. The van der Waals surface area contributed by atoms with Gasteiger partial charge in [0.05, 0.1) is 0 Å². The summed E-state index contributed by atoms with van der Waals surface area (Å²) in [6.07, 6.45) is 8.61. The van der Waals surface area contributed by atoms with E-state index >= 15 is 0 Å². The fraction of sp³-hybridized carbons (Fsp3) is 0.778. The van der Waals surface area contributed by atoms with Crippen molar-refractivity contribution in [2.45, 2.75) is 26.2 Å². The predicted octanol–water partition coefficient (Wildman–Crippen LogP) is 1.67. The molecule has 0 saturated carbocycles. The average molecular weight is 146 g/mol. The Kier molecular flexibility index (Phi) is 7.16. The molecular formula is C9H17LiN. The van der Waals surface area contributed by atoms with Gasteiger partial charge in [-0.25, -0.2) is 0 Å². The molecule has 0 atom stereocenters. The molecule has 0 aromatic carbocycles. The molecule has 1 heterocycles. The van der Waals surface area contributed by atoms with Gasteiger partial charge < -0.3 is 0 Å². The van der Waals surface area contributed by atoms with E-state index in [2.05, 4.69) is 24.0 Å². The number of hydrogen-bond acceptors (Lipinski definition) is 1. The van der Waals surface area contributed by atoms with Crippen LogP contribution in [0.5, 0.6) is 0 Å². The summed E-state index contributed by atoms with van der Waals surface area (Å²) in [5.41, 5.74) is 0. The largest absolute Gasteiger partial charge is 0.300 e. The van der Waals surface area contributed by atoms with Gasteiger partial charge in [0, 0.05) is 25.4 Å². The molecule has 0 aliphatic carbocycles. The van der Waals surface area contributed by atoms with Crippen LogP contribution in [0.25, 0.3) is 0 Å². The maximum Gasteiger partial charge on any atom is 0.0163 e. The van der Waals surface area contributed by atoms with Crippen molar-refractivity contribution in [3.63, 3.8) is 0 Å². The Labute approximate surface area is 82.0 Å². The first-order valence-electron chi connectivity index (χ1n) is 4.27. The molecule has 0 amide bonds. The molecule has 0 unspecified atom stereocenters. The van der Waals surface area contributed by atoms with Gasteiger partial charge >= 0.3 is 0 Å². The average Bonchev–Trinajstić information content (AvgIpc) is 2.03. The molecule has 59 valence electrons. The van der Waals surface area contributed by atoms with Gasteiger partial charge in [0.2, 0.25) is 0 Å². The van der Waals surface area contributed by atoms with E-state index in [4.69, 9.17) is 0 Å². The summed E-state index contributed by atoms with van der Waals surface area (Å²) in [6, 6.07) is 0. The van der Waals surface area contributed by atoms with Gasteiger partial charge in [-0.2, -0.15) is 0 Å². The first-order chi connectivity index (χ1) is 4.93. The van der Waals surface area contributed by atoms with E-state index in [9.17, 15) is 0 Å². The van der Waals surface area contributed by atoms with Crippen LogP contribution in [-0.4, -0.2) is 43.4 Å². The smallest absolute Gasteiger partial charge is 0.0163 e. The summed E-state index contributed by atoms with van der Waals surface area (Å²) >= 11 is 0. The molecular weight excluding hydrogens is 129 g/mol. The Hall–Kier alpha value is 0.297. The third-order valence-corrected chi connectivity index (χ3v) is 2.05. The monoisotopic (exact) mass is 146 g/mol. The Morgan fingerprint density at radius 3 is 2.36 bits per heavy atom. The molecule has 0 aromatic rings. The van der Waals surface area contributed by atoms with Crippen LogP contribution in [0.2, 0.25) is 0 Å². The van der Waals surface area contributed by atoms with Crippen LogP contribution in [0.3, 0.4) is 0 Å². The SMILES string of the molecule is CC=CCN1CCCCC1.[Li]. The number of hydrogen-bond donors (Lipinski definition) is 0. The fourth-order valence-electron chi connectivity index (χ4n) is 1.40. The van der Waals surface area contributed by atoms with Gasteiger partial charge in [-0.3, -0.25) is 4.90 Å². The maximum absolute atomic E-state index is 2.52. The van der Waals surface area contributed by atoms with Crippen molar-refractivity contribution in [3.05, 3.63) is 12.2 Å². The zero-order valence-corrected chi connectivity index (χ0v) is 7.84. The quantitative estimate of drug-likeness (QED) is 0.423. The molecule has 0 spiro atoms. The molecule has 11 heavy (non-hydrogen) atoms. The second kappa shape index (κ2) is 6.97. The minimum atomic E-state index is 0. The number of likely N-dealkylation sites (tertiary alicyclic amines) is 1. The summed E-state index contributed by atoms with van der Waals surface area (Å²) in [6.45, 7) is 5.87. The first kappa shape index (κ1) is 11.3. The summed E-state index contributed by atoms with van der Waals surface area (Å²) in [4.78, 5) is 2.52. The number of rotatable bonds is 2. The normalized spacial score (nSPS) is 20.1. The molecule has 1 rings (SSSR count). The van der Waals surface area contributed by atoms with E-state index in [1.165, 1.54) is 32.4 Å². The van der Waals surface area contributed by atoms with Crippen molar-refractivity contribution in [1.82, 2.24) is 4.90 Å². The van der Waals surface area contributed by atoms with Gasteiger partial charge in [-0.1, -0.05) is 18.6 Å². The molecule has 1 fully saturated rings. The zero-order chi connectivity index (χ0) is 7.23. The number of allylic oxidation sites excluding steroid dienone is 1. The third kappa shape index (κ3) is 4.69. The van der Waals surface area contributed by atoms with Crippen LogP contribution in [-0.2, 0) is 0 Å². The Bertz CT molecular complexity index is 106. The Morgan fingerprint density at radius 2 is 1.82 bits per heavy atom. The van der Waals surface area contributed by atoms with Crippen molar-refractivity contribution in [1.29, 1.82) is 0 Å². The molecule has 0 aromatic heterocycles. The van der Waals surface area contributed by atoms with E-state index in [1.54, 1.807) is 0 Å². The Morgan fingerprint density at radius 1 is 1.18 bits per heavy atom. The van der Waals surface area contributed by atoms with Crippen LogP contribution in [0.1, 0.15) is 26.2 Å². The van der Waals surface area contributed by atoms with Crippen molar-refractivity contribution in [2.24, 2.45) is 0 Å². The van der Waals surface area contributed by atoms with E-state index < -0.39 is 0 Å². The number of nitrogens with zero attached hydrogens (tertiary/aromatic N) is 1. The minimum Gasteiger partial charge on any atom is -0.300 e. The molecule has 1 aliphatic rings. The zero-order valence-electron chi connectivity index (χ0n) is 7.84. The first-order valence-corrected chi connectivity index (χ1v) is 4.27. The number of piperidine rings is 1. The molecule has 1 radical (unpaired) electrons. The van der Waals surface area contributed by atoms with Crippen LogP contribution < -0.4 is 0 Å². The summed E-state index contributed by atoms with van der Waals surface area (Å²) in [7, 11) is 0. The van der Waals surface area contributed by atoms with Crippen LogP contribution in [0, 0.1) is 0 Å². The van der Waals surface area contributed by atoms with E-state index in [-0.39, 0.29) is 18.9 Å². The van der Waals surface area contributed by atoms with Crippen molar-refractivity contribution < 1.29 is 0 Å². The van der Waals surface area contributed by atoms with E-state index in [0.29, 0.717) is 0 Å². The minimum absolute atomic E-state index is 0.